The van der Waals surface area contributed by atoms with Crippen molar-refractivity contribution in [1.29, 1.82) is 0 Å². The van der Waals surface area contributed by atoms with Gasteiger partial charge in [0.1, 0.15) is 12.3 Å². The predicted octanol–water partition coefficient (Wildman–Crippen LogP) is -1.98. The molecular formula is C12H19N3O4. The zero-order valence-electron chi connectivity index (χ0n) is 10.7. The molecule has 2 saturated heterocycles. The van der Waals surface area contributed by atoms with Gasteiger partial charge in [0.25, 0.3) is 0 Å². The molecule has 0 aromatic rings. The second kappa shape index (κ2) is 6.12. The van der Waals surface area contributed by atoms with Crippen LogP contribution < -0.4 is 10.6 Å². The fourth-order valence-electron chi connectivity index (χ4n) is 2.68. The molecule has 2 heterocycles. The normalized spacial score (nSPS) is 30.4. The molecule has 0 saturated carbocycles. The monoisotopic (exact) mass is 269 g/mol. The van der Waals surface area contributed by atoms with Crippen LogP contribution in [0.3, 0.4) is 0 Å². The molecule has 2 amide bonds. The highest BCUT2D eigenvalue weighted by atomic mass is 16.3. The zero-order chi connectivity index (χ0) is 13.8. The van der Waals surface area contributed by atoms with Crippen LogP contribution >= 0.6 is 0 Å². The summed E-state index contributed by atoms with van der Waals surface area (Å²) < 4.78 is 0. The molecule has 0 spiro atoms. The van der Waals surface area contributed by atoms with E-state index in [4.69, 9.17) is 0 Å². The van der Waals surface area contributed by atoms with Crippen molar-refractivity contribution in [2.75, 3.05) is 19.6 Å². The lowest BCUT2D eigenvalue weighted by atomic mass is 10.1. The number of carbonyl (C=O) groups excluding carboxylic acids is 3. The van der Waals surface area contributed by atoms with Crippen LogP contribution in [0.15, 0.2) is 0 Å². The molecule has 1 unspecified atom stereocenters. The summed E-state index contributed by atoms with van der Waals surface area (Å²) in [4.78, 5) is 35.9. The lowest BCUT2D eigenvalue weighted by Gasteiger charge is -2.27. The Morgan fingerprint density at radius 3 is 2.84 bits per heavy atom. The van der Waals surface area contributed by atoms with E-state index in [0.29, 0.717) is 19.3 Å². The number of aldehydes is 1. The summed E-state index contributed by atoms with van der Waals surface area (Å²) in [6.07, 6.45) is 1.79. The number of hydrogen-bond acceptors (Lipinski definition) is 5. The smallest absolute Gasteiger partial charge is 0.245 e. The molecule has 0 aliphatic carbocycles. The molecule has 3 N–H and O–H groups in total. The van der Waals surface area contributed by atoms with E-state index >= 15 is 0 Å². The molecular weight excluding hydrogens is 250 g/mol. The van der Waals surface area contributed by atoms with Crippen LogP contribution in [0.2, 0.25) is 0 Å². The summed E-state index contributed by atoms with van der Waals surface area (Å²) in [5.41, 5.74) is 0. The third-order valence-corrected chi connectivity index (χ3v) is 3.64. The van der Waals surface area contributed by atoms with Crippen molar-refractivity contribution in [3.8, 4) is 0 Å². The molecule has 2 fully saturated rings. The summed E-state index contributed by atoms with van der Waals surface area (Å²) in [5.74, 6) is -0.608. The van der Waals surface area contributed by atoms with Crippen LogP contribution in [0.5, 0.6) is 0 Å². The topological polar surface area (TPSA) is 98.7 Å². The van der Waals surface area contributed by atoms with Crippen molar-refractivity contribution in [3.63, 3.8) is 0 Å². The van der Waals surface area contributed by atoms with Crippen molar-refractivity contribution >= 4 is 18.1 Å². The Bertz CT molecular complexity index is 368. The lowest BCUT2D eigenvalue weighted by molar-refractivity contribution is -0.141. The lowest BCUT2D eigenvalue weighted by Crippen LogP contribution is -2.54. The first-order valence-corrected chi connectivity index (χ1v) is 6.58. The standard InChI is InChI=1S/C12H19N3O4/c16-7-5-14-11(18)10-9(17)3-6-15(10)12(19)8-2-1-4-13-8/h7-10,13,17H,1-6H2,(H,14,18)/t8-,9?,10-/m0/s1. The van der Waals surface area contributed by atoms with Crippen molar-refractivity contribution in [3.05, 3.63) is 0 Å². The molecule has 106 valence electrons. The number of rotatable bonds is 4. The summed E-state index contributed by atoms with van der Waals surface area (Å²) in [5, 5.41) is 15.3. The van der Waals surface area contributed by atoms with E-state index in [1.165, 1.54) is 4.90 Å². The second-order valence-corrected chi connectivity index (χ2v) is 4.89. The van der Waals surface area contributed by atoms with Gasteiger partial charge in [-0.1, -0.05) is 0 Å². The average molecular weight is 269 g/mol. The number of amides is 2. The van der Waals surface area contributed by atoms with Crippen molar-refractivity contribution in [1.82, 2.24) is 15.5 Å². The molecule has 3 atom stereocenters. The number of aliphatic hydroxyl groups is 1. The first kappa shape index (κ1) is 14.0. The highest BCUT2D eigenvalue weighted by Gasteiger charge is 2.43. The van der Waals surface area contributed by atoms with Gasteiger partial charge < -0.3 is 25.4 Å². The predicted molar refractivity (Wildman–Crippen MR) is 66.2 cm³/mol. The minimum Gasteiger partial charge on any atom is -0.390 e. The Balaban J connectivity index is 2.03. The zero-order valence-corrected chi connectivity index (χ0v) is 10.7. The minimum atomic E-state index is -0.880. The molecule has 0 aromatic heterocycles. The first-order valence-electron chi connectivity index (χ1n) is 6.58. The molecule has 2 aliphatic rings. The molecule has 0 radical (unpaired) electrons. The summed E-state index contributed by atoms with van der Waals surface area (Å²) in [7, 11) is 0. The Labute approximate surface area is 111 Å². The van der Waals surface area contributed by atoms with Crippen LogP contribution in [0.25, 0.3) is 0 Å². The van der Waals surface area contributed by atoms with E-state index < -0.39 is 18.1 Å². The fraction of sp³-hybridized carbons (Fsp3) is 0.750. The summed E-state index contributed by atoms with van der Waals surface area (Å²) in [6.45, 7) is 1.07. The average Bonchev–Trinajstić information content (AvgIpc) is 3.04. The highest BCUT2D eigenvalue weighted by Crippen LogP contribution is 2.21. The van der Waals surface area contributed by atoms with Gasteiger partial charge >= 0.3 is 0 Å². The quantitative estimate of drug-likeness (QED) is 0.514. The number of aliphatic hydroxyl groups excluding tert-OH is 1. The molecule has 19 heavy (non-hydrogen) atoms. The van der Waals surface area contributed by atoms with E-state index in [1.807, 2.05) is 0 Å². The van der Waals surface area contributed by atoms with Gasteiger partial charge in [-0.05, 0) is 25.8 Å². The van der Waals surface area contributed by atoms with Gasteiger partial charge in [0, 0.05) is 6.54 Å². The van der Waals surface area contributed by atoms with Gasteiger partial charge in [-0.15, -0.1) is 0 Å². The molecule has 0 bridgehead atoms. The number of nitrogens with one attached hydrogen (secondary N) is 2. The van der Waals surface area contributed by atoms with E-state index in [9.17, 15) is 19.5 Å². The van der Waals surface area contributed by atoms with Crippen LogP contribution in [0.4, 0.5) is 0 Å². The molecule has 7 heteroatoms. The van der Waals surface area contributed by atoms with E-state index in [1.54, 1.807) is 0 Å². The molecule has 2 rings (SSSR count). The number of likely N-dealkylation sites (tertiary alicyclic amines) is 1. The van der Waals surface area contributed by atoms with E-state index in [-0.39, 0.29) is 18.5 Å². The van der Waals surface area contributed by atoms with Crippen molar-refractivity contribution in [2.45, 2.75) is 37.5 Å². The molecule has 7 nitrogen and oxygen atoms in total. The van der Waals surface area contributed by atoms with E-state index in [2.05, 4.69) is 10.6 Å². The third-order valence-electron chi connectivity index (χ3n) is 3.64. The fourth-order valence-corrected chi connectivity index (χ4v) is 2.68. The summed E-state index contributed by atoms with van der Waals surface area (Å²) >= 11 is 0. The van der Waals surface area contributed by atoms with Gasteiger partial charge in [0.15, 0.2) is 0 Å². The van der Waals surface area contributed by atoms with Crippen LogP contribution in [0, 0.1) is 0 Å². The maximum atomic E-state index is 12.3. The number of hydrogen-bond donors (Lipinski definition) is 3. The number of nitrogens with zero attached hydrogens (tertiary/aromatic N) is 1. The Morgan fingerprint density at radius 2 is 2.21 bits per heavy atom. The van der Waals surface area contributed by atoms with E-state index in [0.717, 1.165) is 19.4 Å². The van der Waals surface area contributed by atoms with Gasteiger partial charge in [0.05, 0.1) is 18.7 Å². The van der Waals surface area contributed by atoms with Crippen LogP contribution in [-0.2, 0) is 14.4 Å². The van der Waals surface area contributed by atoms with Gasteiger partial charge in [-0.25, -0.2) is 0 Å². The van der Waals surface area contributed by atoms with Gasteiger partial charge in [-0.3, -0.25) is 9.59 Å². The minimum absolute atomic E-state index is 0.105. The Morgan fingerprint density at radius 1 is 1.42 bits per heavy atom. The SMILES string of the molecule is O=CCNC(=O)[C@@H]1C(O)CCN1C(=O)[C@@H]1CCCN1. The summed E-state index contributed by atoms with van der Waals surface area (Å²) in [6, 6.07) is -1.14. The van der Waals surface area contributed by atoms with Crippen molar-refractivity contribution in [2.24, 2.45) is 0 Å². The number of carbonyl (C=O) groups is 3. The molecule has 2 aliphatic heterocycles. The van der Waals surface area contributed by atoms with Gasteiger partial charge in [-0.2, -0.15) is 0 Å². The van der Waals surface area contributed by atoms with Crippen molar-refractivity contribution < 1.29 is 19.5 Å². The highest BCUT2D eigenvalue weighted by molar-refractivity contribution is 5.91. The maximum Gasteiger partial charge on any atom is 0.245 e. The van der Waals surface area contributed by atoms with Gasteiger partial charge in [0.2, 0.25) is 11.8 Å². The Hall–Kier alpha value is -1.47. The Kier molecular flexibility index (Phi) is 4.49. The maximum absolute atomic E-state index is 12.3. The largest absolute Gasteiger partial charge is 0.390 e. The first-order chi connectivity index (χ1) is 9.15. The third kappa shape index (κ3) is 2.93. The molecule has 0 aromatic carbocycles. The van der Waals surface area contributed by atoms with Crippen LogP contribution in [-0.4, -0.2) is 65.9 Å². The second-order valence-electron chi connectivity index (χ2n) is 4.89. The van der Waals surface area contributed by atoms with Crippen LogP contribution in [0.1, 0.15) is 19.3 Å².